The maximum absolute atomic E-state index is 13.8. The van der Waals surface area contributed by atoms with E-state index in [-0.39, 0.29) is 49.9 Å². The summed E-state index contributed by atoms with van der Waals surface area (Å²) in [6.45, 7) is 3.56. The van der Waals surface area contributed by atoms with Crippen molar-refractivity contribution in [1.29, 1.82) is 0 Å². The lowest BCUT2D eigenvalue weighted by Crippen LogP contribution is -2.62. The van der Waals surface area contributed by atoms with Crippen molar-refractivity contribution >= 4 is 59.2 Å². The molecule has 26 nitrogen and oxygen atoms in total. The van der Waals surface area contributed by atoms with Crippen LogP contribution < -0.4 is 60.2 Å². The molecule has 8 amide bonds. The summed E-state index contributed by atoms with van der Waals surface area (Å²) >= 11 is 0. The number of aromatic hydroxyl groups is 1. The third kappa shape index (κ3) is 20.0. The number of carbonyl (C=O) groups excluding carboxylic acids is 8. The first kappa shape index (κ1) is 55.4. The number of phenolic OH excluding ortho intramolecular Hbond substituents is 1. The molecule has 0 saturated heterocycles. The highest BCUT2D eigenvalue weighted by Crippen LogP contribution is 2.13. The molecule has 0 aliphatic carbocycles. The van der Waals surface area contributed by atoms with Crippen molar-refractivity contribution in [2.24, 2.45) is 33.8 Å². The van der Waals surface area contributed by atoms with Gasteiger partial charge >= 0.3 is 5.97 Å². The predicted octanol–water partition coefficient (Wildman–Crippen LogP) is -6.90. The summed E-state index contributed by atoms with van der Waals surface area (Å²) in [6, 6.07) is -7.05. The number of primary amides is 1. The fourth-order valence-electron chi connectivity index (χ4n) is 5.64. The molecule has 64 heavy (non-hydrogen) atoms. The lowest BCUT2D eigenvalue weighted by molar-refractivity contribution is -0.142. The Kier molecular flexibility index (Phi) is 23.7. The van der Waals surface area contributed by atoms with E-state index in [2.05, 4.69) is 42.2 Å². The number of phenols is 1. The highest BCUT2D eigenvalue weighted by atomic mass is 16.4. The van der Waals surface area contributed by atoms with E-state index in [0.717, 1.165) is 13.8 Å². The maximum Gasteiger partial charge on any atom is 0.325 e. The monoisotopic (exact) mass is 910 g/mol. The molecule has 0 saturated carbocycles. The zero-order valence-corrected chi connectivity index (χ0v) is 35.9. The molecule has 0 fully saturated rings. The van der Waals surface area contributed by atoms with Gasteiger partial charge in [-0.1, -0.05) is 26.0 Å². The molecule has 1 aromatic rings. The quantitative estimate of drug-likeness (QED) is 0.0211. The summed E-state index contributed by atoms with van der Waals surface area (Å²) in [5.74, 6) is -10.2. The molecule has 20 N–H and O–H groups in total. The maximum atomic E-state index is 13.8. The number of aliphatic hydroxyl groups excluding tert-OH is 3. The standard InChI is InChI=1S/C38H62N12O14/c1-17(2)12-24(33(59)50-29(19(4)53)36(62)44-18(3)37(63)64)46-34(60)26(15-51)49-35(61)27(16-52)48-32(58)25(13-20-7-9-21(54)10-8-20)47-31(57)23(6-5-11-43-38(41)42)45-30(56)22(39)14-28(40)55/h7-10,17-19,22-27,29,51-54H,5-6,11-16,39H2,1-4H3,(H2,40,55)(H,44,62)(H,45,56)(H,46,60)(H,47,57)(H,48,58)(H,49,61)(H,50,59)(H,63,64)(H4,41,42,43)/t18-,19+,22-,23-,24-,25-,26-,27-,29-/m0/s1. The number of benzene rings is 1. The molecule has 26 heteroatoms. The summed E-state index contributed by atoms with van der Waals surface area (Å²) in [5.41, 5.74) is 22.0. The molecule has 0 bridgehead atoms. The van der Waals surface area contributed by atoms with Crippen molar-refractivity contribution in [3.63, 3.8) is 0 Å². The van der Waals surface area contributed by atoms with Crippen LogP contribution in [-0.4, -0.2) is 159 Å². The number of hydrogen-bond donors (Lipinski definition) is 16. The highest BCUT2D eigenvalue weighted by Gasteiger charge is 2.35. The van der Waals surface area contributed by atoms with Gasteiger partial charge in [0, 0.05) is 13.0 Å². The summed E-state index contributed by atoms with van der Waals surface area (Å²) < 4.78 is 0. The first-order valence-electron chi connectivity index (χ1n) is 20.0. The van der Waals surface area contributed by atoms with Gasteiger partial charge in [0.15, 0.2) is 5.96 Å². The molecule has 358 valence electrons. The van der Waals surface area contributed by atoms with Crippen LogP contribution >= 0.6 is 0 Å². The number of carbonyl (C=O) groups is 9. The summed E-state index contributed by atoms with van der Waals surface area (Å²) in [5, 5.41) is 65.4. The minimum absolute atomic E-state index is 0.0240. The molecular weight excluding hydrogens is 848 g/mol. The van der Waals surface area contributed by atoms with Gasteiger partial charge in [0.25, 0.3) is 0 Å². The van der Waals surface area contributed by atoms with Gasteiger partial charge in [-0.25, -0.2) is 0 Å². The number of nitrogens with one attached hydrogen (secondary N) is 7. The van der Waals surface area contributed by atoms with Gasteiger partial charge in [0.2, 0.25) is 47.3 Å². The van der Waals surface area contributed by atoms with E-state index in [4.69, 9.17) is 28.0 Å². The van der Waals surface area contributed by atoms with Gasteiger partial charge in [0.1, 0.15) is 48.0 Å². The number of aliphatic imine (C=N–C) groups is 1. The Hall–Kier alpha value is -6.64. The third-order valence-corrected chi connectivity index (χ3v) is 9.11. The Morgan fingerprint density at radius 2 is 1.11 bits per heavy atom. The van der Waals surface area contributed by atoms with Crippen molar-refractivity contribution in [2.45, 2.75) is 114 Å². The number of amides is 8. The Balaban J connectivity index is 3.33. The minimum Gasteiger partial charge on any atom is -0.508 e. The lowest BCUT2D eigenvalue weighted by Gasteiger charge is -2.28. The van der Waals surface area contributed by atoms with E-state index >= 15 is 0 Å². The molecule has 0 spiro atoms. The second-order valence-electron chi connectivity index (χ2n) is 15.2. The molecule has 9 atom stereocenters. The number of nitrogens with two attached hydrogens (primary N) is 4. The fraction of sp³-hybridized carbons (Fsp3) is 0.579. The number of nitrogens with zero attached hydrogens (tertiary/aromatic N) is 1. The Labute approximate surface area is 368 Å². The molecule has 0 aliphatic heterocycles. The third-order valence-electron chi connectivity index (χ3n) is 9.11. The van der Waals surface area contributed by atoms with Crippen molar-refractivity contribution in [3.8, 4) is 5.75 Å². The molecule has 0 heterocycles. The largest absolute Gasteiger partial charge is 0.508 e. The Bertz CT molecular complexity index is 1810. The van der Waals surface area contributed by atoms with E-state index in [9.17, 15) is 63.6 Å². The van der Waals surface area contributed by atoms with Gasteiger partial charge in [0.05, 0.1) is 31.8 Å². The highest BCUT2D eigenvalue weighted by molar-refractivity contribution is 5.98. The average molecular weight is 911 g/mol. The molecule has 0 aromatic heterocycles. The molecule has 1 rings (SSSR count). The van der Waals surface area contributed by atoms with E-state index in [1.54, 1.807) is 13.8 Å². The first-order valence-corrected chi connectivity index (χ1v) is 20.0. The minimum atomic E-state index is -1.83. The van der Waals surface area contributed by atoms with Crippen LogP contribution in [0, 0.1) is 5.92 Å². The van der Waals surface area contributed by atoms with Crippen LogP contribution in [0.15, 0.2) is 29.3 Å². The van der Waals surface area contributed by atoms with Crippen molar-refractivity contribution < 1.29 is 68.7 Å². The normalized spacial score (nSPS) is 15.2. The second kappa shape index (κ2) is 27.4. The SMILES string of the molecule is CC(C)C[C@H](NC(=O)[C@H](CO)NC(=O)[C@H](CO)NC(=O)[C@H](Cc1ccc(O)cc1)NC(=O)[C@H](CCCN=C(N)N)NC(=O)[C@@H](N)CC(N)=O)C(=O)N[C@H](C(=O)N[C@@H](C)C(=O)O)[C@@H](C)O. The van der Waals surface area contributed by atoms with E-state index in [1.165, 1.54) is 24.3 Å². The zero-order chi connectivity index (χ0) is 48.8. The van der Waals surface area contributed by atoms with E-state index < -0.39 is 127 Å². The average Bonchev–Trinajstić information content (AvgIpc) is 3.20. The summed E-state index contributed by atoms with van der Waals surface area (Å²) in [7, 11) is 0. The Morgan fingerprint density at radius 3 is 1.58 bits per heavy atom. The van der Waals surface area contributed by atoms with Gasteiger partial charge in [-0.05, 0) is 56.7 Å². The number of rotatable bonds is 28. The second-order valence-corrected chi connectivity index (χ2v) is 15.2. The van der Waals surface area contributed by atoms with Gasteiger partial charge in [-0.15, -0.1) is 0 Å². The summed E-state index contributed by atoms with van der Waals surface area (Å²) in [6.07, 6.45) is -2.41. The number of hydrogen-bond acceptors (Lipinski definition) is 15. The molecule has 0 unspecified atom stereocenters. The number of guanidine groups is 1. The van der Waals surface area contributed by atoms with Gasteiger partial charge < -0.3 is 85.7 Å². The van der Waals surface area contributed by atoms with Crippen LogP contribution in [0.25, 0.3) is 0 Å². The van der Waals surface area contributed by atoms with Crippen molar-refractivity contribution in [3.05, 3.63) is 29.8 Å². The lowest BCUT2D eigenvalue weighted by atomic mass is 10.0. The molecule has 1 aromatic carbocycles. The predicted molar refractivity (Wildman–Crippen MR) is 226 cm³/mol. The zero-order valence-electron chi connectivity index (χ0n) is 35.9. The number of aliphatic hydroxyl groups is 3. The molecule has 0 radical (unpaired) electrons. The molecular formula is C38H62N12O14. The smallest absolute Gasteiger partial charge is 0.325 e. The number of aliphatic carboxylic acids is 1. The van der Waals surface area contributed by atoms with Crippen LogP contribution in [0.5, 0.6) is 5.75 Å². The number of carboxylic acid groups (broad SMARTS) is 1. The van der Waals surface area contributed by atoms with Gasteiger partial charge in [-0.2, -0.15) is 0 Å². The fourth-order valence-corrected chi connectivity index (χ4v) is 5.64. The Morgan fingerprint density at radius 1 is 0.641 bits per heavy atom. The topological polar surface area (TPSA) is 455 Å². The van der Waals surface area contributed by atoms with Crippen LogP contribution in [0.2, 0.25) is 0 Å². The van der Waals surface area contributed by atoms with Crippen LogP contribution in [0.1, 0.15) is 58.9 Å². The number of carboxylic acids is 1. The van der Waals surface area contributed by atoms with Gasteiger partial charge in [-0.3, -0.25) is 48.1 Å². The van der Waals surface area contributed by atoms with Crippen LogP contribution in [-0.2, 0) is 49.6 Å². The summed E-state index contributed by atoms with van der Waals surface area (Å²) in [4.78, 5) is 120. The van der Waals surface area contributed by atoms with Crippen molar-refractivity contribution in [2.75, 3.05) is 19.8 Å². The first-order chi connectivity index (χ1) is 29.9. The molecule has 0 aliphatic rings. The van der Waals surface area contributed by atoms with E-state index in [0.29, 0.717) is 5.56 Å². The van der Waals surface area contributed by atoms with Crippen LogP contribution in [0.4, 0.5) is 0 Å². The van der Waals surface area contributed by atoms with E-state index in [1.807, 2.05) is 0 Å². The van der Waals surface area contributed by atoms with Crippen LogP contribution in [0.3, 0.4) is 0 Å². The van der Waals surface area contributed by atoms with Crippen molar-refractivity contribution in [1.82, 2.24) is 37.2 Å².